The SMILES string of the molecule is c1cc(-c2ccc(NCCC3CCNC3)nn2)ccn1. The Bertz CT molecular complexity index is 520. The van der Waals surface area contributed by atoms with Gasteiger partial charge in [0.2, 0.25) is 0 Å². The third-order valence-electron chi connectivity index (χ3n) is 3.66. The van der Waals surface area contributed by atoms with Crippen molar-refractivity contribution in [2.24, 2.45) is 5.92 Å². The van der Waals surface area contributed by atoms with Gasteiger partial charge in [-0.15, -0.1) is 10.2 Å². The molecular weight excluding hydrogens is 250 g/mol. The molecule has 0 saturated carbocycles. The Kier molecular flexibility index (Phi) is 4.18. The van der Waals surface area contributed by atoms with E-state index in [-0.39, 0.29) is 0 Å². The molecule has 1 unspecified atom stereocenters. The van der Waals surface area contributed by atoms with E-state index < -0.39 is 0 Å². The molecule has 0 aromatic carbocycles. The molecule has 0 amide bonds. The molecule has 0 bridgehead atoms. The number of anilines is 1. The molecule has 5 nitrogen and oxygen atoms in total. The van der Waals surface area contributed by atoms with Gasteiger partial charge in [-0.2, -0.15) is 0 Å². The Balaban J connectivity index is 1.53. The zero-order chi connectivity index (χ0) is 13.6. The van der Waals surface area contributed by atoms with Gasteiger partial charge >= 0.3 is 0 Å². The average Bonchev–Trinajstić information content (AvgIpc) is 3.02. The molecule has 104 valence electrons. The van der Waals surface area contributed by atoms with Crippen LogP contribution in [0.15, 0.2) is 36.7 Å². The maximum Gasteiger partial charge on any atom is 0.148 e. The van der Waals surface area contributed by atoms with Gasteiger partial charge in [0.1, 0.15) is 5.82 Å². The molecule has 2 aromatic rings. The maximum atomic E-state index is 4.25. The fourth-order valence-corrected chi connectivity index (χ4v) is 2.47. The van der Waals surface area contributed by atoms with Gasteiger partial charge in [0.15, 0.2) is 0 Å². The zero-order valence-electron chi connectivity index (χ0n) is 11.4. The summed E-state index contributed by atoms with van der Waals surface area (Å²) >= 11 is 0. The molecule has 20 heavy (non-hydrogen) atoms. The first kappa shape index (κ1) is 13.0. The highest BCUT2D eigenvalue weighted by molar-refractivity contribution is 5.58. The number of rotatable bonds is 5. The quantitative estimate of drug-likeness (QED) is 0.868. The van der Waals surface area contributed by atoms with Crippen LogP contribution in [0.5, 0.6) is 0 Å². The number of pyridine rings is 1. The minimum Gasteiger partial charge on any atom is -0.369 e. The van der Waals surface area contributed by atoms with Gasteiger partial charge in [-0.1, -0.05) is 0 Å². The van der Waals surface area contributed by atoms with Gasteiger partial charge in [-0.3, -0.25) is 4.98 Å². The van der Waals surface area contributed by atoms with Gasteiger partial charge in [-0.05, 0) is 56.1 Å². The summed E-state index contributed by atoms with van der Waals surface area (Å²) in [4.78, 5) is 4.00. The fraction of sp³-hybridized carbons (Fsp3) is 0.400. The second kappa shape index (κ2) is 6.43. The lowest BCUT2D eigenvalue weighted by Crippen LogP contribution is -2.13. The van der Waals surface area contributed by atoms with Crippen molar-refractivity contribution in [1.82, 2.24) is 20.5 Å². The molecular formula is C15H19N5. The smallest absolute Gasteiger partial charge is 0.148 e. The van der Waals surface area contributed by atoms with Crippen molar-refractivity contribution in [2.75, 3.05) is 25.0 Å². The van der Waals surface area contributed by atoms with Crippen molar-refractivity contribution in [3.05, 3.63) is 36.7 Å². The van der Waals surface area contributed by atoms with Crippen molar-refractivity contribution in [2.45, 2.75) is 12.8 Å². The minimum absolute atomic E-state index is 0.798. The van der Waals surface area contributed by atoms with Crippen LogP contribution >= 0.6 is 0 Å². The van der Waals surface area contributed by atoms with Gasteiger partial charge in [0.05, 0.1) is 5.69 Å². The van der Waals surface area contributed by atoms with Gasteiger partial charge in [0, 0.05) is 24.5 Å². The summed E-state index contributed by atoms with van der Waals surface area (Å²) in [5.41, 5.74) is 1.91. The Morgan fingerprint density at radius 2 is 2.05 bits per heavy atom. The lowest BCUT2D eigenvalue weighted by atomic mass is 10.1. The molecule has 1 aliphatic rings. The highest BCUT2D eigenvalue weighted by Gasteiger charge is 2.13. The van der Waals surface area contributed by atoms with Gasteiger partial charge in [-0.25, -0.2) is 0 Å². The van der Waals surface area contributed by atoms with Crippen LogP contribution in [-0.2, 0) is 0 Å². The Labute approximate surface area is 118 Å². The van der Waals surface area contributed by atoms with E-state index in [2.05, 4.69) is 25.8 Å². The second-order valence-electron chi connectivity index (χ2n) is 5.11. The highest BCUT2D eigenvalue weighted by Crippen LogP contribution is 2.16. The molecule has 0 spiro atoms. The molecule has 1 atom stereocenters. The summed E-state index contributed by atoms with van der Waals surface area (Å²) in [5, 5.41) is 15.2. The van der Waals surface area contributed by atoms with Gasteiger partial charge < -0.3 is 10.6 Å². The molecule has 5 heteroatoms. The van der Waals surface area contributed by atoms with Crippen LogP contribution in [-0.4, -0.2) is 34.8 Å². The predicted octanol–water partition coefficient (Wildman–Crippen LogP) is 1.95. The third kappa shape index (κ3) is 3.30. The van der Waals surface area contributed by atoms with Crippen molar-refractivity contribution >= 4 is 5.82 Å². The van der Waals surface area contributed by atoms with Crippen LogP contribution in [0.3, 0.4) is 0 Å². The molecule has 1 fully saturated rings. The topological polar surface area (TPSA) is 62.7 Å². The van der Waals surface area contributed by atoms with Crippen LogP contribution in [0.25, 0.3) is 11.3 Å². The largest absolute Gasteiger partial charge is 0.369 e. The van der Waals surface area contributed by atoms with Gasteiger partial charge in [0.25, 0.3) is 0 Å². The molecule has 1 saturated heterocycles. The molecule has 2 N–H and O–H groups in total. The lowest BCUT2D eigenvalue weighted by molar-refractivity contribution is 0.548. The zero-order valence-corrected chi connectivity index (χ0v) is 11.4. The Hall–Kier alpha value is -2.01. The van der Waals surface area contributed by atoms with E-state index in [1.165, 1.54) is 12.8 Å². The minimum atomic E-state index is 0.798. The standard InChI is InChI=1S/C15H19N5/c1-2-15(18-10-4-12-3-7-17-11-12)20-19-14(1)13-5-8-16-9-6-13/h1-2,5-6,8-9,12,17H,3-4,7,10-11H2,(H,18,20). The van der Waals surface area contributed by atoms with E-state index in [4.69, 9.17) is 0 Å². The van der Waals surface area contributed by atoms with E-state index >= 15 is 0 Å². The summed E-state index contributed by atoms with van der Waals surface area (Å²) in [6, 6.07) is 7.84. The van der Waals surface area contributed by atoms with Crippen molar-refractivity contribution in [3.63, 3.8) is 0 Å². The number of hydrogen-bond acceptors (Lipinski definition) is 5. The second-order valence-corrected chi connectivity index (χ2v) is 5.11. The lowest BCUT2D eigenvalue weighted by Gasteiger charge is -2.09. The monoisotopic (exact) mass is 269 g/mol. The molecule has 0 aliphatic carbocycles. The first-order valence-electron chi connectivity index (χ1n) is 7.10. The molecule has 3 heterocycles. The molecule has 0 radical (unpaired) electrons. The summed E-state index contributed by atoms with van der Waals surface area (Å²) in [7, 11) is 0. The maximum absolute atomic E-state index is 4.25. The summed E-state index contributed by atoms with van der Waals surface area (Å²) in [6.07, 6.45) is 5.99. The van der Waals surface area contributed by atoms with E-state index in [1.807, 2.05) is 24.3 Å². The summed E-state index contributed by atoms with van der Waals surface area (Å²) in [5.74, 6) is 1.64. The first-order chi connectivity index (χ1) is 9.92. The van der Waals surface area contributed by atoms with E-state index in [0.29, 0.717) is 0 Å². The number of aromatic nitrogens is 3. The van der Waals surface area contributed by atoms with E-state index in [0.717, 1.165) is 42.6 Å². The van der Waals surface area contributed by atoms with Crippen molar-refractivity contribution in [1.29, 1.82) is 0 Å². The van der Waals surface area contributed by atoms with Crippen LogP contribution in [0.1, 0.15) is 12.8 Å². The van der Waals surface area contributed by atoms with E-state index in [1.54, 1.807) is 12.4 Å². The van der Waals surface area contributed by atoms with Crippen LogP contribution in [0.4, 0.5) is 5.82 Å². The van der Waals surface area contributed by atoms with Crippen LogP contribution in [0.2, 0.25) is 0 Å². The Morgan fingerprint density at radius 1 is 1.15 bits per heavy atom. The molecule has 3 rings (SSSR count). The third-order valence-corrected chi connectivity index (χ3v) is 3.66. The molecule has 2 aromatic heterocycles. The first-order valence-corrected chi connectivity index (χ1v) is 7.10. The fourth-order valence-electron chi connectivity index (χ4n) is 2.47. The normalized spacial score (nSPS) is 18.1. The number of nitrogens with zero attached hydrogens (tertiary/aromatic N) is 3. The highest BCUT2D eigenvalue weighted by atomic mass is 15.2. The number of hydrogen-bond donors (Lipinski definition) is 2. The van der Waals surface area contributed by atoms with Crippen LogP contribution in [0, 0.1) is 5.92 Å². The predicted molar refractivity (Wildman–Crippen MR) is 79.3 cm³/mol. The Morgan fingerprint density at radius 3 is 2.75 bits per heavy atom. The van der Waals surface area contributed by atoms with E-state index in [9.17, 15) is 0 Å². The average molecular weight is 269 g/mol. The number of nitrogens with one attached hydrogen (secondary N) is 2. The molecule has 1 aliphatic heterocycles. The van der Waals surface area contributed by atoms with Crippen molar-refractivity contribution in [3.8, 4) is 11.3 Å². The van der Waals surface area contributed by atoms with Crippen LogP contribution < -0.4 is 10.6 Å². The van der Waals surface area contributed by atoms with Crippen molar-refractivity contribution < 1.29 is 0 Å². The summed E-state index contributed by atoms with van der Waals surface area (Å²) in [6.45, 7) is 3.26. The summed E-state index contributed by atoms with van der Waals surface area (Å²) < 4.78 is 0.